The van der Waals surface area contributed by atoms with Crippen LogP contribution in [0.15, 0.2) is 24.3 Å². The van der Waals surface area contributed by atoms with Crippen molar-refractivity contribution in [1.29, 1.82) is 0 Å². The van der Waals surface area contributed by atoms with Crippen LogP contribution in [0, 0.1) is 0 Å². The molecule has 0 radical (unpaired) electrons. The summed E-state index contributed by atoms with van der Waals surface area (Å²) in [5, 5.41) is 18.4. The van der Waals surface area contributed by atoms with Crippen LogP contribution in [0.5, 0.6) is 0 Å². The third kappa shape index (κ3) is 44.5. The van der Waals surface area contributed by atoms with Crippen LogP contribution in [0.25, 0.3) is 0 Å². The number of phosphoric ester groups is 1. The lowest BCUT2D eigenvalue weighted by atomic mass is 10.0. The fraction of sp³-hybridized carbons (Fsp3) is 0.878. The zero-order chi connectivity index (χ0) is 44.0. The molecule has 0 rings (SSSR count). The van der Waals surface area contributed by atoms with E-state index in [9.17, 15) is 24.2 Å². The predicted molar refractivity (Wildman–Crippen MR) is 247 cm³/mol. The summed E-state index contributed by atoms with van der Waals surface area (Å²) in [4.78, 5) is 35.1. The highest BCUT2D eigenvalue weighted by Crippen LogP contribution is 2.43. The van der Waals surface area contributed by atoms with Crippen LogP contribution in [0.1, 0.15) is 239 Å². The first-order chi connectivity index (χ1) is 29.2. The summed E-state index contributed by atoms with van der Waals surface area (Å²) in [5.74, 6) is -0.917. The number of hydrogen-bond donors (Lipinski definition) is 3. The van der Waals surface area contributed by atoms with Crippen LogP contribution in [0.4, 0.5) is 0 Å². The van der Waals surface area contributed by atoms with Gasteiger partial charge in [0, 0.05) is 12.8 Å². The van der Waals surface area contributed by atoms with E-state index in [0.29, 0.717) is 12.8 Å². The summed E-state index contributed by atoms with van der Waals surface area (Å²) in [6.45, 7) is 2.41. The average Bonchev–Trinajstić information content (AvgIpc) is 3.24. The van der Waals surface area contributed by atoms with Crippen molar-refractivity contribution in [3.63, 3.8) is 0 Å². The van der Waals surface area contributed by atoms with Crippen molar-refractivity contribution < 1.29 is 47.8 Å². The Hall–Kier alpha value is -1.55. The zero-order valence-corrected chi connectivity index (χ0v) is 39.6. The first-order valence-electron chi connectivity index (χ1n) is 24.8. The van der Waals surface area contributed by atoms with Crippen LogP contribution < -0.4 is 0 Å². The topological polar surface area (TPSA) is 149 Å². The monoisotopic (exact) mass is 873 g/mol. The molecule has 0 aliphatic heterocycles. The minimum atomic E-state index is -4.62. The van der Waals surface area contributed by atoms with Gasteiger partial charge < -0.3 is 24.6 Å². The summed E-state index contributed by atoms with van der Waals surface area (Å²) < 4.78 is 32.8. The van der Waals surface area contributed by atoms with Crippen molar-refractivity contribution in [2.45, 2.75) is 251 Å². The molecule has 60 heavy (non-hydrogen) atoms. The Morgan fingerprint density at radius 3 is 1.28 bits per heavy atom. The quantitative estimate of drug-likeness (QED) is 0.0233. The Morgan fingerprint density at radius 2 is 0.867 bits per heavy atom. The van der Waals surface area contributed by atoms with Gasteiger partial charge in [-0.25, -0.2) is 4.57 Å². The van der Waals surface area contributed by atoms with Crippen LogP contribution >= 0.6 is 7.82 Å². The number of rotatable bonds is 47. The van der Waals surface area contributed by atoms with E-state index in [2.05, 4.69) is 38.2 Å². The lowest BCUT2D eigenvalue weighted by Gasteiger charge is -2.20. The van der Waals surface area contributed by atoms with Gasteiger partial charge in [0.1, 0.15) is 12.7 Å². The molecule has 0 aromatic heterocycles. The third-order valence-corrected chi connectivity index (χ3v) is 11.8. The van der Waals surface area contributed by atoms with Crippen LogP contribution in [0.3, 0.4) is 0 Å². The zero-order valence-electron chi connectivity index (χ0n) is 38.7. The number of aliphatic hydroxyl groups is 2. The number of hydrogen-bond acceptors (Lipinski definition) is 9. The van der Waals surface area contributed by atoms with E-state index < -0.39 is 51.8 Å². The molecule has 3 atom stereocenters. The lowest BCUT2D eigenvalue weighted by molar-refractivity contribution is -0.161. The molecule has 0 heterocycles. The summed E-state index contributed by atoms with van der Waals surface area (Å²) in [6.07, 6.45) is 47.1. The van der Waals surface area contributed by atoms with E-state index in [1.165, 1.54) is 148 Å². The first kappa shape index (κ1) is 58.5. The SMILES string of the molecule is CCCCCCC/C=C\C/C=C\CCCCCCCCCCCC(=O)OC(COC(=O)CCCCCCCCCCCCCCCCCC)COP(=O)(O)OCC(O)CO. The Balaban J connectivity index is 4.19. The molecular weight excluding hydrogens is 780 g/mol. The van der Waals surface area contributed by atoms with Crippen LogP contribution in [0.2, 0.25) is 0 Å². The molecule has 354 valence electrons. The van der Waals surface area contributed by atoms with Crippen LogP contribution in [-0.4, -0.2) is 65.7 Å². The molecule has 0 aliphatic carbocycles. The van der Waals surface area contributed by atoms with Crippen molar-refractivity contribution in [3.05, 3.63) is 24.3 Å². The largest absolute Gasteiger partial charge is 0.472 e. The molecule has 0 saturated carbocycles. The van der Waals surface area contributed by atoms with Crippen molar-refractivity contribution >= 4 is 19.8 Å². The predicted octanol–water partition coefficient (Wildman–Crippen LogP) is 13.7. The molecule has 11 heteroatoms. The van der Waals surface area contributed by atoms with E-state index in [4.69, 9.17) is 23.6 Å². The minimum absolute atomic E-state index is 0.183. The van der Waals surface area contributed by atoms with Gasteiger partial charge in [-0.2, -0.15) is 0 Å². The van der Waals surface area contributed by atoms with Crippen molar-refractivity contribution in [3.8, 4) is 0 Å². The summed E-state index contributed by atoms with van der Waals surface area (Å²) >= 11 is 0. The second kappa shape index (κ2) is 45.5. The van der Waals surface area contributed by atoms with Gasteiger partial charge in [-0.1, -0.05) is 205 Å². The van der Waals surface area contributed by atoms with Crippen LogP contribution in [-0.2, 0) is 32.7 Å². The molecule has 0 spiro atoms. The van der Waals surface area contributed by atoms with Gasteiger partial charge in [0.05, 0.1) is 19.8 Å². The third-order valence-electron chi connectivity index (χ3n) is 10.9. The van der Waals surface area contributed by atoms with E-state index in [1.54, 1.807) is 0 Å². The number of esters is 2. The number of aliphatic hydroxyl groups excluding tert-OH is 2. The highest BCUT2D eigenvalue weighted by atomic mass is 31.2. The van der Waals surface area contributed by atoms with Gasteiger partial charge in [-0.3, -0.25) is 18.6 Å². The van der Waals surface area contributed by atoms with E-state index >= 15 is 0 Å². The number of carbonyl (C=O) groups excluding carboxylic acids is 2. The van der Waals surface area contributed by atoms with Crippen molar-refractivity contribution in [2.24, 2.45) is 0 Å². The Morgan fingerprint density at radius 1 is 0.500 bits per heavy atom. The van der Waals surface area contributed by atoms with E-state index in [0.717, 1.165) is 51.4 Å². The smallest absolute Gasteiger partial charge is 0.462 e. The molecule has 0 fully saturated rings. The molecule has 3 unspecified atom stereocenters. The molecule has 0 aromatic carbocycles. The Labute approximate surface area is 368 Å². The second-order valence-corrected chi connectivity index (χ2v) is 18.3. The first-order valence-corrected chi connectivity index (χ1v) is 26.3. The normalized spacial score (nSPS) is 13.9. The summed E-state index contributed by atoms with van der Waals surface area (Å²) in [5.41, 5.74) is 0. The standard InChI is InChI=1S/C49H93O10P/c1-3-5-7-9-11-13-15-17-19-21-22-23-24-25-27-29-31-33-35-37-39-41-49(53)59-47(45-58-60(54,55)57-43-46(51)42-50)44-56-48(52)40-38-36-34-32-30-28-26-20-18-16-14-12-10-8-6-4-2/h15,17,21-22,46-47,50-51H,3-14,16,18-20,23-45H2,1-2H3,(H,54,55)/b17-15-,22-21-. The average molecular weight is 873 g/mol. The molecule has 10 nitrogen and oxygen atoms in total. The maximum atomic E-state index is 12.7. The number of phosphoric acid groups is 1. The highest BCUT2D eigenvalue weighted by molar-refractivity contribution is 7.47. The maximum Gasteiger partial charge on any atom is 0.472 e. The molecule has 3 N–H and O–H groups in total. The van der Waals surface area contributed by atoms with Gasteiger partial charge in [0.2, 0.25) is 0 Å². The molecule has 0 bridgehead atoms. The van der Waals surface area contributed by atoms with E-state index in [-0.39, 0.29) is 19.4 Å². The van der Waals surface area contributed by atoms with Gasteiger partial charge in [0.25, 0.3) is 0 Å². The van der Waals surface area contributed by atoms with Gasteiger partial charge in [-0.05, 0) is 44.9 Å². The molecule has 0 aliphatic rings. The van der Waals surface area contributed by atoms with Gasteiger partial charge >= 0.3 is 19.8 Å². The summed E-state index contributed by atoms with van der Waals surface area (Å²) in [7, 11) is -4.62. The fourth-order valence-corrected chi connectivity index (χ4v) is 7.82. The van der Waals surface area contributed by atoms with Crippen molar-refractivity contribution in [2.75, 3.05) is 26.4 Å². The summed E-state index contributed by atoms with van der Waals surface area (Å²) in [6, 6.07) is 0. The fourth-order valence-electron chi connectivity index (χ4n) is 7.03. The van der Waals surface area contributed by atoms with E-state index in [1.807, 2.05) is 0 Å². The number of ether oxygens (including phenoxy) is 2. The number of allylic oxidation sites excluding steroid dienone is 4. The second-order valence-electron chi connectivity index (χ2n) is 16.8. The lowest BCUT2D eigenvalue weighted by Crippen LogP contribution is -2.29. The molecular formula is C49H93O10P. The minimum Gasteiger partial charge on any atom is -0.462 e. The molecule has 0 saturated heterocycles. The van der Waals surface area contributed by atoms with Crippen molar-refractivity contribution in [1.82, 2.24) is 0 Å². The maximum absolute atomic E-state index is 12.7. The highest BCUT2D eigenvalue weighted by Gasteiger charge is 2.27. The molecule has 0 aromatic rings. The number of carbonyl (C=O) groups is 2. The molecule has 0 amide bonds. The van der Waals surface area contributed by atoms with Gasteiger partial charge in [-0.15, -0.1) is 0 Å². The van der Waals surface area contributed by atoms with Gasteiger partial charge in [0.15, 0.2) is 6.10 Å². The Bertz CT molecular complexity index is 1050. The number of unbranched alkanes of at least 4 members (excludes halogenated alkanes) is 29. The Kier molecular flexibility index (Phi) is 44.3.